The zero-order chi connectivity index (χ0) is 12.1. The molecule has 2 aliphatic rings. The molecule has 2 saturated heterocycles. The molecule has 2 aliphatic heterocycles. The first-order valence-electron chi connectivity index (χ1n) is 6.74. The Hall–Kier alpha value is -0.160. The Balaban J connectivity index is 1.73. The first kappa shape index (κ1) is 13.3. The molecule has 17 heavy (non-hydrogen) atoms. The molecule has 0 aromatic rings. The van der Waals surface area contributed by atoms with Crippen LogP contribution in [0.5, 0.6) is 0 Å². The molecule has 0 aliphatic carbocycles. The van der Waals surface area contributed by atoms with E-state index < -0.39 is 5.60 Å². The van der Waals surface area contributed by atoms with Gasteiger partial charge in [-0.1, -0.05) is 0 Å². The van der Waals surface area contributed by atoms with E-state index in [2.05, 4.69) is 11.9 Å². The highest BCUT2D eigenvalue weighted by Gasteiger charge is 2.31. The largest absolute Gasteiger partial charge is 0.388 e. The van der Waals surface area contributed by atoms with Crippen LogP contribution in [0.25, 0.3) is 0 Å². The maximum Gasteiger partial charge on any atom is 0.0817 e. The van der Waals surface area contributed by atoms with Crippen molar-refractivity contribution < 1.29 is 14.6 Å². The molecule has 0 aromatic heterocycles. The third-order valence-electron chi connectivity index (χ3n) is 3.90. The number of ether oxygens (including phenoxy) is 2. The average molecular weight is 243 g/mol. The second-order valence-electron chi connectivity index (χ2n) is 5.59. The Labute approximate surface area is 104 Å². The van der Waals surface area contributed by atoms with Gasteiger partial charge in [0.2, 0.25) is 0 Å². The molecule has 2 fully saturated rings. The standard InChI is InChI=1S/C13H25NO3/c1-14(10-12-2-6-16-7-3-12)11-13(15)4-8-17-9-5-13/h12,15H,2-11H2,1H3. The normalized spacial score (nSPS) is 26.3. The van der Waals surface area contributed by atoms with E-state index in [4.69, 9.17) is 9.47 Å². The first-order chi connectivity index (χ1) is 8.18. The molecule has 1 N–H and O–H groups in total. The molecule has 0 unspecified atom stereocenters. The molecule has 4 heteroatoms. The monoisotopic (exact) mass is 243 g/mol. The lowest BCUT2D eigenvalue weighted by atomic mass is 9.93. The zero-order valence-corrected chi connectivity index (χ0v) is 10.9. The van der Waals surface area contributed by atoms with E-state index in [-0.39, 0.29) is 0 Å². The molecule has 0 spiro atoms. The van der Waals surface area contributed by atoms with Crippen molar-refractivity contribution in [1.29, 1.82) is 0 Å². The fraction of sp³-hybridized carbons (Fsp3) is 1.00. The van der Waals surface area contributed by atoms with Crippen LogP contribution in [-0.4, -0.2) is 62.2 Å². The summed E-state index contributed by atoms with van der Waals surface area (Å²) in [6.07, 6.45) is 3.86. The minimum atomic E-state index is -0.530. The molecule has 2 heterocycles. The van der Waals surface area contributed by atoms with Gasteiger partial charge in [-0.2, -0.15) is 0 Å². The first-order valence-corrected chi connectivity index (χ1v) is 6.74. The molecular weight excluding hydrogens is 218 g/mol. The minimum Gasteiger partial charge on any atom is -0.388 e. The van der Waals surface area contributed by atoms with E-state index in [1.54, 1.807) is 0 Å². The number of hydrogen-bond donors (Lipinski definition) is 1. The number of hydrogen-bond acceptors (Lipinski definition) is 4. The van der Waals surface area contributed by atoms with Crippen LogP contribution in [-0.2, 0) is 9.47 Å². The van der Waals surface area contributed by atoms with E-state index in [1.165, 1.54) is 0 Å². The van der Waals surface area contributed by atoms with E-state index in [1.807, 2.05) is 0 Å². The van der Waals surface area contributed by atoms with Crippen molar-refractivity contribution in [3.8, 4) is 0 Å². The van der Waals surface area contributed by atoms with Crippen LogP contribution in [0.4, 0.5) is 0 Å². The van der Waals surface area contributed by atoms with Crippen molar-refractivity contribution in [3.05, 3.63) is 0 Å². The van der Waals surface area contributed by atoms with Crippen molar-refractivity contribution in [3.63, 3.8) is 0 Å². The van der Waals surface area contributed by atoms with Crippen molar-refractivity contribution in [2.75, 3.05) is 46.6 Å². The molecule has 2 rings (SSSR count). The average Bonchev–Trinajstić information content (AvgIpc) is 2.30. The SMILES string of the molecule is CN(CC1CCOCC1)CC1(O)CCOCC1. The van der Waals surface area contributed by atoms with Gasteiger partial charge in [0.15, 0.2) is 0 Å². The smallest absolute Gasteiger partial charge is 0.0817 e. The fourth-order valence-electron chi connectivity index (χ4n) is 2.85. The summed E-state index contributed by atoms with van der Waals surface area (Å²) in [4.78, 5) is 2.28. The minimum absolute atomic E-state index is 0.530. The summed E-state index contributed by atoms with van der Waals surface area (Å²) in [5, 5.41) is 10.4. The predicted octanol–water partition coefficient (Wildman–Crippen LogP) is 0.886. The lowest BCUT2D eigenvalue weighted by Gasteiger charge is -2.37. The van der Waals surface area contributed by atoms with Gasteiger partial charge in [0.05, 0.1) is 5.60 Å². The highest BCUT2D eigenvalue weighted by molar-refractivity contribution is 4.84. The van der Waals surface area contributed by atoms with Crippen LogP contribution in [0.1, 0.15) is 25.7 Å². The maximum absolute atomic E-state index is 10.4. The van der Waals surface area contributed by atoms with Crippen LogP contribution in [0.2, 0.25) is 0 Å². The van der Waals surface area contributed by atoms with Gasteiger partial charge in [-0.15, -0.1) is 0 Å². The predicted molar refractivity (Wildman–Crippen MR) is 66.0 cm³/mol. The Morgan fingerprint density at radius 3 is 2.35 bits per heavy atom. The number of aliphatic hydroxyl groups is 1. The molecule has 0 amide bonds. The highest BCUT2D eigenvalue weighted by Crippen LogP contribution is 2.23. The second kappa shape index (κ2) is 6.14. The molecule has 100 valence electrons. The highest BCUT2D eigenvalue weighted by atomic mass is 16.5. The maximum atomic E-state index is 10.4. The van der Waals surface area contributed by atoms with Crippen LogP contribution < -0.4 is 0 Å². The van der Waals surface area contributed by atoms with Crippen LogP contribution in [0, 0.1) is 5.92 Å². The molecule has 0 bridgehead atoms. The van der Waals surface area contributed by atoms with Crippen molar-refractivity contribution >= 4 is 0 Å². The van der Waals surface area contributed by atoms with Crippen molar-refractivity contribution in [1.82, 2.24) is 4.90 Å². The number of likely N-dealkylation sites (N-methyl/N-ethyl adjacent to an activating group) is 1. The van der Waals surface area contributed by atoms with Crippen LogP contribution in [0.15, 0.2) is 0 Å². The van der Waals surface area contributed by atoms with E-state index in [9.17, 15) is 5.11 Å². The Morgan fingerprint density at radius 1 is 1.12 bits per heavy atom. The van der Waals surface area contributed by atoms with Crippen LogP contribution >= 0.6 is 0 Å². The number of rotatable bonds is 4. The Bertz CT molecular complexity index is 223. The van der Waals surface area contributed by atoms with Gasteiger partial charge in [0, 0.05) is 52.4 Å². The summed E-state index contributed by atoms with van der Waals surface area (Å²) in [6, 6.07) is 0. The van der Waals surface area contributed by atoms with Crippen molar-refractivity contribution in [2.24, 2.45) is 5.92 Å². The Kier molecular flexibility index (Phi) is 4.79. The third-order valence-corrected chi connectivity index (χ3v) is 3.90. The van der Waals surface area contributed by atoms with E-state index in [0.29, 0.717) is 13.2 Å². The quantitative estimate of drug-likeness (QED) is 0.796. The van der Waals surface area contributed by atoms with E-state index >= 15 is 0 Å². The Morgan fingerprint density at radius 2 is 1.71 bits per heavy atom. The zero-order valence-electron chi connectivity index (χ0n) is 10.9. The summed E-state index contributed by atoms with van der Waals surface area (Å²) in [7, 11) is 2.11. The lowest BCUT2D eigenvalue weighted by Crippen LogP contribution is -2.47. The second-order valence-corrected chi connectivity index (χ2v) is 5.59. The topological polar surface area (TPSA) is 41.9 Å². The van der Waals surface area contributed by atoms with E-state index in [0.717, 1.165) is 57.9 Å². The molecule has 0 aromatic carbocycles. The molecule has 0 radical (unpaired) electrons. The van der Waals surface area contributed by atoms with Gasteiger partial charge in [-0.05, 0) is 25.8 Å². The van der Waals surface area contributed by atoms with Gasteiger partial charge < -0.3 is 19.5 Å². The summed E-state index contributed by atoms with van der Waals surface area (Å²) in [5.74, 6) is 0.734. The molecule has 0 atom stereocenters. The lowest BCUT2D eigenvalue weighted by molar-refractivity contribution is -0.0793. The van der Waals surface area contributed by atoms with Gasteiger partial charge in [0.25, 0.3) is 0 Å². The molecule has 4 nitrogen and oxygen atoms in total. The fourth-order valence-corrected chi connectivity index (χ4v) is 2.85. The number of nitrogens with zero attached hydrogens (tertiary/aromatic N) is 1. The summed E-state index contributed by atoms with van der Waals surface area (Å²) in [5.41, 5.74) is -0.530. The van der Waals surface area contributed by atoms with Gasteiger partial charge in [0.1, 0.15) is 0 Å². The summed E-state index contributed by atoms with van der Waals surface area (Å²) in [6.45, 7) is 5.04. The summed E-state index contributed by atoms with van der Waals surface area (Å²) >= 11 is 0. The van der Waals surface area contributed by atoms with Gasteiger partial charge >= 0.3 is 0 Å². The van der Waals surface area contributed by atoms with Crippen molar-refractivity contribution in [2.45, 2.75) is 31.3 Å². The summed E-state index contributed by atoms with van der Waals surface area (Å²) < 4.78 is 10.7. The van der Waals surface area contributed by atoms with Crippen LogP contribution in [0.3, 0.4) is 0 Å². The van der Waals surface area contributed by atoms with Gasteiger partial charge in [-0.3, -0.25) is 0 Å². The molecular formula is C13H25NO3. The molecule has 0 saturated carbocycles. The van der Waals surface area contributed by atoms with Gasteiger partial charge in [-0.25, -0.2) is 0 Å². The third kappa shape index (κ3) is 4.21.